The zero-order valence-electron chi connectivity index (χ0n) is 16.6. The van der Waals surface area contributed by atoms with Gasteiger partial charge in [-0.2, -0.15) is 0 Å². The Hall–Kier alpha value is -2.15. The first-order valence-electron chi connectivity index (χ1n) is 10.2. The molecule has 2 fully saturated rings. The van der Waals surface area contributed by atoms with Crippen LogP contribution in [-0.4, -0.2) is 78.4 Å². The average Bonchev–Trinajstić information content (AvgIpc) is 2.70. The Kier molecular flexibility index (Phi) is 7.25. The molecule has 0 radical (unpaired) electrons. The van der Waals surface area contributed by atoms with Crippen molar-refractivity contribution in [2.45, 2.75) is 38.6 Å². The summed E-state index contributed by atoms with van der Waals surface area (Å²) >= 11 is 0. The van der Waals surface area contributed by atoms with Crippen LogP contribution in [0.15, 0.2) is 24.3 Å². The molecule has 7 heteroatoms. The van der Waals surface area contributed by atoms with Crippen molar-refractivity contribution in [3.05, 3.63) is 30.1 Å². The van der Waals surface area contributed by atoms with Gasteiger partial charge in [-0.15, -0.1) is 0 Å². The molecule has 1 aromatic rings. The van der Waals surface area contributed by atoms with Crippen LogP contribution in [0.5, 0.6) is 5.75 Å². The molecule has 1 unspecified atom stereocenters. The van der Waals surface area contributed by atoms with Crippen LogP contribution in [0.1, 0.15) is 32.6 Å². The number of amides is 2. The summed E-state index contributed by atoms with van der Waals surface area (Å²) in [7, 11) is 0. The number of hydrogen-bond donors (Lipinski definition) is 0. The van der Waals surface area contributed by atoms with Crippen LogP contribution >= 0.6 is 0 Å². The van der Waals surface area contributed by atoms with Gasteiger partial charge in [-0.05, 0) is 50.5 Å². The molecule has 0 spiro atoms. The summed E-state index contributed by atoms with van der Waals surface area (Å²) in [5.41, 5.74) is 0. The molecule has 1 atom stereocenters. The van der Waals surface area contributed by atoms with Gasteiger partial charge in [0.15, 0.2) is 0 Å². The molecule has 2 aliphatic heterocycles. The maximum Gasteiger partial charge on any atom is 0.236 e. The van der Waals surface area contributed by atoms with E-state index in [9.17, 15) is 14.0 Å². The molecular formula is C21H30FN3O3. The van der Waals surface area contributed by atoms with Crippen molar-refractivity contribution in [3.63, 3.8) is 0 Å². The van der Waals surface area contributed by atoms with E-state index in [1.165, 1.54) is 18.6 Å². The van der Waals surface area contributed by atoms with Gasteiger partial charge in [0.2, 0.25) is 11.8 Å². The normalized spacial score (nSPS) is 20.9. The third kappa shape index (κ3) is 5.67. The summed E-state index contributed by atoms with van der Waals surface area (Å²) in [5.74, 6) is 0.511. The van der Waals surface area contributed by atoms with Crippen LogP contribution in [0.2, 0.25) is 0 Å². The van der Waals surface area contributed by atoms with Crippen molar-refractivity contribution in [2.24, 2.45) is 0 Å². The molecule has 0 aliphatic carbocycles. The highest BCUT2D eigenvalue weighted by Crippen LogP contribution is 2.17. The second kappa shape index (κ2) is 9.87. The number of rotatable bonds is 6. The number of piperidine rings is 1. The first-order valence-corrected chi connectivity index (χ1v) is 10.2. The summed E-state index contributed by atoms with van der Waals surface area (Å²) in [5, 5.41) is 0. The molecule has 2 saturated heterocycles. The zero-order chi connectivity index (χ0) is 19.9. The quantitative estimate of drug-likeness (QED) is 0.746. The molecule has 1 aromatic carbocycles. The largest absolute Gasteiger partial charge is 0.493 e. The summed E-state index contributed by atoms with van der Waals surface area (Å²) in [6, 6.07) is 6.12. The fraction of sp³-hybridized carbons (Fsp3) is 0.619. The van der Waals surface area contributed by atoms with Crippen LogP contribution in [0.25, 0.3) is 0 Å². The van der Waals surface area contributed by atoms with E-state index in [-0.39, 0.29) is 24.2 Å². The lowest BCUT2D eigenvalue weighted by Gasteiger charge is -2.38. The van der Waals surface area contributed by atoms with Crippen molar-refractivity contribution in [1.82, 2.24) is 14.7 Å². The number of nitrogens with zero attached hydrogens (tertiary/aromatic N) is 3. The van der Waals surface area contributed by atoms with Gasteiger partial charge >= 0.3 is 0 Å². The Morgan fingerprint density at radius 2 is 1.75 bits per heavy atom. The number of likely N-dealkylation sites (tertiary alicyclic amines) is 1. The lowest BCUT2D eigenvalue weighted by molar-refractivity contribution is -0.137. The molecular weight excluding hydrogens is 361 g/mol. The molecule has 0 aromatic heterocycles. The van der Waals surface area contributed by atoms with Gasteiger partial charge in [-0.25, -0.2) is 4.39 Å². The minimum atomic E-state index is -0.311. The van der Waals surface area contributed by atoms with E-state index in [0.717, 1.165) is 32.5 Å². The van der Waals surface area contributed by atoms with E-state index < -0.39 is 0 Å². The SMILES string of the molecule is CC1CCCCN1C(=O)CN1CCN(C(=O)CCOc2ccc(F)cc2)CC1. The number of carbonyl (C=O) groups is 2. The van der Waals surface area contributed by atoms with Gasteiger partial charge in [0.05, 0.1) is 19.6 Å². The molecule has 2 heterocycles. The standard InChI is InChI=1S/C21H30FN3O3/c1-17-4-2-3-10-25(17)21(27)16-23-11-13-24(14-12-23)20(26)9-15-28-19-7-5-18(22)6-8-19/h5-8,17H,2-4,9-16H2,1H3. The Balaban J connectivity index is 1.35. The molecule has 0 N–H and O–H groups in total. The van der Waals surface area contributed by atoms with Crippen LogP contribution in [0, 0.1) is 5.82 Å². The van der Waals surface area contributed by atoms with E-state index >= 15 is 0 Å². The van der Waals surface area contributed by atoms with Gasteiger partial charge in [0.1, 0.15) is 11.6 Å². The predicted octanol–water partition coefficient (Wildman–Crippen LogP) is 2.14. The van der Waals surface area contributed by atoms with Crippen molar-refractivity contribution in [1.29, 1.82) is 0 Å². The van der Waals surface area contributed by atoms with E-state index in [4.69, 9.17) is 4.74 Å². The number of benzene rings is 1. The van der Waals surface area contributed by atoms with E-state index in [2.05, 4.69) is 11.8 Å². The van der Waals surface area contributed by atoms with Crippen molar-refractivity contribution >= 4 is 11.8 Å². The van der Waals surface area contributed by atoms with E-state index in [1.54, 1.807) is 12.1 Å². The van der Waals surface area contributed by atoms with Crippen LogP contribution in [-0.2, 0) is 9.59 Å². The lowest BCUT2D eigenvalue weighted by atomic mass is 10.0. The van der Waals surface area contributed by atoms with Crippen LogP contribution in [0.4, 0.5) is 4.39 Å². The number of halogens is 1. The van der Waals surface area contributed by atoms with Crippen molar-refractivity contribution in [2.75, 3.05) is 45.9 Å². The van der Waals surface area contributed by atoms with E-state index in [1.807, 2.05) is 9.80 Å². The Morgan fingerprint density at radius 3 is 2.43 bits per heavy atom. The monoisotopic (exact) mass is 391 g/mol. The van der Waals surface area contributed by atoms with E-state index in [0.29, 0.717) is 37.8 Å². The Morgan fingerprint density at radius 1 is 1.04 bits per heavy atom. The van der Waals surface area contributed by atoms with Gasteiger partial charge < -0.3 is 14.5 Å². The lowest BCUT2D eigenvalue weighted by Crippen LogP contribution is -2.53. The summed E-state index contributed by atoms with van der Waals surface area (Å²) in [4.78, 5) is 30.9. The predicted molar refractivity (Wildman–Crippen MR) is 105 cm³/mol. The zero-order valence-corrected chi connectivity index (χ0v) is 16.6. The third-order valence-corrected chi connectivity index (χ3v) is 5.61. The first-order chi connectivity index (χ1) is 13.5. The molecule has 2 aliphatic rings. The minimum absolute atomic E-state index is 0.0535. The number of piperazine rings is 1. The molecule has 0 saturated carbocycles. The highest BCUT2D eigenvalue weighted by atomic mass is 19.1. The van der Waals surface area contributed by atoms with Gasteiger partial charge in [0.25, 0.3) is 0 Å². The van der Waals surface area contributed by atoms with Gasteiger partial charge in [-0.3, -0.25) is 14.5 Å². The third-order valence-electron chi connectivity index (χ3n) is 5.61. The van der Waals surface area contributed by atoms with Crippen LogP contribution < -0.4 is 4.74 Å². The average molecular weight is 391 g/mol. The van der Waals surface area contributed by atoms with Gasteiger partial charge in [0, 0.05) is 38.8 Å². The van der Waals surface area contributed by atoms with Crippen molar-refractivity contribution < 1.29 is 18.7 Å². The smallest absolute Gasteiger partial charge is 0.236 e. The molecule has 0 bridgehead atoms. The fourth-order valence-corrected chi connectivity index (χ4v) is 3.85. The summed E-state index contributed by atoms with van der Waals surface area (Å²) < 4.78 is 18.4. The summed E-state index contributed by atoms with van der Waals surface area (Å²) in [6.07, 6.45) is 3.69. The molecule has 28 heavy (non-hydrogen) atoms. The summed E-state index contributed by atoms with van der Waals surface area (Å²) in [6.45, 7) is 6.43. The number of hydrogen-bond acceptors (Lipinski definition) is 4. The maximum absolute atomic E-state index is 12.9. The molecule has 2 amide bonds. The number of ether oxygens (including phenoxy) is 1. The first kappa shape index (κ1) is 20.6. The topological polar surface area (TPSA) is 53.1 Å². The highest BCUT2D eigenvalue weighted by Gasteiger charge is 2.27. The van der Waals surface area contributed by atoms with Gasteiger partial charge in [-0.1, -0.05) is 0 Å². The fourth-order valence-electron chi connectivity index (χ4n) is 3.85. The number of carbonyl (C=O) groups excluding carboxylic acids is 2. The maximum atomic E-state index is 12.9. The Labute approximate surface area is 166 Å². The Bertz CT molecular complexity index is 659. The highest BCUT2D eigenvalue weighted by molar-refractivity contribution is 5.79. The molecule has 3 rings (SSSR count). The minimum Gasteiger partial charge on any atom is -0.493 e. The molecule has 6 nitrogen and oxygen atoms in total. The van der Waals surface area contributed by atoms with Crippen LogP contribution in [0.3, 0.4) is 0 Å². The van der Waals surface area contributed by atoms with Crippen molar-refractivity contribution in [3.8, 4) is 5.75 Å². The molecule has 154 valence electrons. The second-order valence-corrected chi connectivity index (χ2v) is 7.64. The second-order valence-electron chi connectivity index (χ2n) is 7.64.